The van der Waals surface area contributed by atoms with E-state index in [0.717, 1.165) is 36.4 Å². The van der Waals surface area contributed by atoms with Crippen molar-refractivity contribution in [3.63, 3.8) is 0 Å². The van der Waals surface area contributed by atoms with Crippen molar-refractivity contribution in [2.45, 2.75) is 161 Å². The first-order valence-electron chi connectivity index (χ1n) is 25.3. The number of carbonyl (C=O) groups is 9. The van der Waals surface area contributed by atoms with Gasteiger partial charge in [0.1, 0.15) is 18.1 Å². The Morgan fingerprint density at radius 3 is 2.07 bits per heavy atom. The van der Waals surface area contributed by atoms with Crippen molar-refractivity contribution in [1.82, 2.24) is 40.7 Å². The topological polar surface area (TPSA) is 305 Å². The van der Waals surface area contributed by atoms with Crippen molar-refractivity contribution in [3.05, 3.63) is 48.1 Å². The third kappa shape index (κ3) is 18.6. The monoisotopic (exact) mass is 1060 g/mol. The van der Waals surface area contributed by atoms with Crippen LogP contribution in [-0.2, 0) is 53.1 Å². The third-order valence-corrected chi connectivity index (χ3v) is 14.4. The maximum atomic E-state index is 14.1. The van der Waals surface area contributed by atoms with E-state index in [2.05, 4.69) is 31.3 Å². The van der Waals surface area contributed by atoms with Crippen LogP contribution in [-0.4, -0.2) is 152 Å². The third-order valence-electron chi connectivity index (χ3n) is 13.1. The first kappa shape index (κ1) is 62.1. The molecule has 0 spiro atoms. The van der Waals surface area contributed by atoms with E-state index in [9.17, 15) is 51.6 Å². The van der Waals surface area contributed by atoms with Gasteiger partial charge in [0, 0.05) is 37.0 Å². The molecule has 8 N–H and O–H groups in total. The number of anilines is 1. The molecule has 23 heteroatoms. The number of carbonyl (C=O) groups excluding carboxylic acids is 9. The highest BCUT2D eigenvalue weighted by Gasteiger charge is 2.37. The fourth-order valence-electron chi connectivity index (χ4n) is 8.68. The van der Waals surface area contributed by atoms with Crippen LogP contribution in [0.2, 0.25) is 0 Å². The minimum atomic E-state index is -4.47. The zero-order valence-electron chi connectivity index (χ0n) is 45.0. The fraction of sp³-hybridized carbons (Fsp3) is 0.627. The Kier molecular flexibility index (Phi) is 23.4. The molecule has 0 bridgehead atoms. The van der Waals surface area contributed by atoms with Crippen LogP contribution in [0.5, 0.6) is 0 Å². The zero-order chi connectivity index (χ0) is 55.8. The van der Waals surface area contributed by atoms with E-state index in [-0.39, 0.29) is 78.2 Å². The summed E-state index contributed by atoms with van der Waals surface area (Å²) in [6, 6.07) is -0.0148. The number of nitrogens with two attached hydrogens (primary N) is 1. The van der Waals surface area contributed by atoms with Crippen LogP contribution in [0.15, 0.2) is 53.0 Å². The highest BCUT2D eigenvalue weighted by Crippen LogP contribution is 2.23. The summed E-state index contributed by atoms with van der Waals surface area (Å²) in [4.78, 5) is 121. The number of nitrogens with zero attached hydrogens (tertiary/aromatic N) is 3. The number of ether oxygens (including phenoxy) is 1. The summed E-state index contributed by atoms with van der Waals surface area (Å²) >= 11 is 0. The first-order chi connectivity index (χ1) is 34.5. The van der Waals surface area contributed by atoms with Crippen LogP contribution < -0.4 is 37.0 Å². The van der Waals surface area contributed by atoms with Crippen LogP contribution in [0.25, 0.3) is 0 Å². The van der Waals surface area contributed by atoms with Crippen LogP contribution in [0.3, 0.4) is 0 Å². The number of hydrogen-bond donors (Lipinski definition) is 7. The fourth-order valence-corrected chi connectivity index (χ4v) is 9.70. The van der Waals surface area contributed by atoms with Gasteiger partial charge < -0.3 is 42.0 Å². The quantitative estimate of drug-likeness (QED) is 0.0379. The number of benzene rings is 1. The lowest BCUT2D eigenvalue weighted by Gasteiger charge is -2.36. The number of likely N-dealkylation sites (tertiary alicyclic amines) is 1. The summed E-state index contributed by atoms with van der Waals surface area (Å²) in [5.74, 6) is -5.24. The SMILES string of the molecule is CC[C@H](C)C(NC(=O)[C@H]1CCCCN1C)C(=O)N(C)[C@H](/C=C(\C)C(=O)NS(=O)(=O)c1ccc(NC(=O)[C@H](CCCNC(N)=O)NC(=O)C(NC(=O)CC(C)(C)OC(C)CN2C(=O)C=CC2=O)C(C)C)cc1)C(C)C. The molecule has 2 aliphatic rings. The number of likely N-dealkylation sites (N-methyl/N-ethyl adjacent to an activating group) is 2. The number of sulfonamides is 1. The van der Waals surface area contributed by atoms with Crippen molar-refractivity contribution >= 4 is 69.0 Å². The Balaban J connectivity index is 1.71. The Labute approximate surface area is 436 Å². The van der Waals surface area contributed by atoms with E-state index in [1.807, 2.05) is 39.6 Å². The standard InChI is InChI=1S/C51H80N10O12S/c1-13-32(6)44(57-47(67)38-18-14-15-26-59(38)11)49(69)60(12)39(30(2)3)27-33(7)45(65)58-74(71,72)36-21-19-35(20-22-36)54-46(66)37(17-16-25-53-50(52)70)55-48(68)43(31(4)5)56-40(62)28-51(9,10)73-34(8)29-61-41(63)23-24-42(61)64/h19-24,27,30-32,34,37-39,43-44H,13-18,25-26,28-29H2,1-12H3,(H,54,66)(H,55,68)(H,56,62)(H,57,67)(H,58,65)(H3,52,53,70)/b33-27+/t32-,34?,37-,38+,39+,43?,44?/m0/s1. The van der Waals surface area contributed by atoms with Crippen LogP contribution in [0, 0.1) is 17.8 Å². The van der Waals surface area contributed by atoms with E-state index >= 15 is 0 Å². The number of amides is 10. The molecule has 10 amide bonds. The van der Waals surface area contributed by atoms with Gasteiger partial charge in [-0.05, 0) is 109 Å². The average Bonchev–Trinajstić information content (AvgIpc) is 3.63. The molecule has 0 radical (unpaired) electrons. The number of urea groups is 1. The van der Waals surface area contributed by atoms with Gasteiger partial charge in [-0.25, -0.2) is 17.9 Å². The predicted octanol–water partition coefficient (Wildman–Crippen LogP) is 2.45. The minimum Gasteiger partial charge on any atom is -0.370 e. The molecule has 1 fully saturated rings. The number of rotatable bonds is 27. The molecule has 7 atom stereocenters. The summed E-state index contributed by atoms with van der Waals surface area (Å²) in [6.45, 7) is 18.1. The molecule has 2 heterocycles. The normalized spacial score (nSPS) is 17.9. The molecule has 412 valence electrons. The number of primary amides is 1. The maximum Gasteiger partial charge on any atom is 0.312 e. The number of piperidine rings is 1. The van der Waals surface area contributed by atoms with Crippen molar-refractivity contribution in [3.8, 4) is 0 Å². The van der Waals surface area contributed by atoms with E-state index in [1.54, 1.807) is 41.7 Å². The van der Waals surface area contributed by atoms with Gasteiger partial charge >= 0.3 is 6.03 Å². The summed E-state index contributed by atoms with van der Waals surface area (Å²) < 4.78 is 35.1. The van der Waals surface area contributed by atoms with E-state index < -0.39 is 93.3 Å². The second kappa shape index (κ2) is 27.9. The molecule has 0 aliphatic carbocycles. The van der Waals surface area contributed by atoms with Gasteiger partial charge in [-0.2, -0.15) is 0 Å². The molecular weight excluding hydrogens is 977 g/mol. The lowest BCUT2D eigenvalue weighted by Crippen LogP contribution is -2.57. The molecule has 1 aromatic rings. The van der Waals surface area contributed by atoms with Gasteiger partial charge in [-0.3, -0.25) is 48.2 Å². The van der Waals surface area contributed by atoms with Crippen molar-refractivity contribution in [1.29, 1.82) is 0 Å². The second-order valence-corrected chi connectivity index (χ2v) is 22.3. The van der Waals surface area contributed by atoms with Crippen LogP contribution in [0.4, 0.5) is 10.5 Å². The summed E-state index contributed by atoms with van der Waals surface area (Å²) in [7, 11) is -0.979. The molecule has 74 heavy (non-hydrogen) atoms. The number of imide groups is 1. The van der Waals surface area contributed by atoms with Crippen molar-refractivity contribution < 1.29 is 56.3 Å². The predicted molar refractivity (Wildman–Crippen MR) is 278 cm³/mol. The summed E-state index contributed by atoms with van der Waals surface area (Å²) in [6.07, 6.45) is 6.44. The van der Waals surface area contributed by atoms with Crippen LogP contribution in [0.1, 0.15) is 114 Å². The highest BCUT2D eigenvalue weighted by atomic mass is 32.2. The van der Waals surface area contributed by atoms with E-state index in [4.69, 9.17) is 10.5 Å². The smallest absolute Gasteiger partial charge is 0.312 e. The molecule has 3 rings (SSSR count). The maximum absolute atomic E-state index is 14.1. The van der Waals surface area contributed by atoms with E-state index in [0.29, 0.717) is 12.8 Å². The number of nitrogens with one attached hydrogen (secondary N) is 6. The van der Waals surface area contributed by atoms with E-state index in [1.165, 1.54) is 42.2 Å². The summed E-state index contributed by atoms with van der Waals surface area (Å²) in [5, 5.41) is 13.5. The molecule has 22 nitrogen and oxygen atoms in total. The van der Waals surface area contributed by atoms with Crippen molar-refractivity contribution in [2.75, 3.05) is 39.0 Å². The lowest BCUT2D eigenvalue weighted by molar-refractivity contribution is -0.145. The molecule has 0 aromatic heterocycles. The minimum absolute atomic E-state index is 0.00709. The largest absolute Gasteiger partial charge is 0.370 e. The van der Waals surface area contributed by atoms with Gasteiger partial charge in [0.05, 0.1) is 41.6 Å². The lowest BCUT2D eigenvalue weighted by atomic mass is 9.94. The molecule has 1 saturated heterocycles. The Hall–Kier alpha value is -6.20. The number of hydrogen-bond acceptors (Lipinski definition) is 13. The van der Waals surface area contributed by atoms with Gasteiger partial charge in [0.2, 0.25) is 29.5 Å². The highest BCUT2D eigenvalue weighted by molar-refractivity contribution is 7.90. The van der Waals surface area contributed by atoms with Gasteiger partial charge in [0.15, 0.2) is 0 Å². The Morgan fingerprint density at radius 2 is 1.51 bits per heavy atom. The zero-order valence-corrected chi connectivity index (χ0v) is 45.9. The first-order valence-corrected chi connectivity index (χ1v) is 26.7. The van der Waals surface area contributed by atoms with Gasteiger partial charge in [0.25, 0.3) is 27.7 Å². The van der Waals surface area contributed by atoms with Gasteiger partial charge in [-0.15, -0.1) is 0 Å². The molecule has 2 aliphatic heterocycles. The molecule has 0 saturated carbocycles. The second-order valence-electron chi connectivity index (χ2n) is 20.6. The molecule has 1 aromatic carbocycles. The van der Waals surface area contributed by atoms with Crippen LogP contribution >= 0.6 is 0 Å². The summed E-state index contributed by atoms with van der Waals surface area (Å²) in [5.41, 5.74) is 4.28. The van der Waals surface area contributed by atoms with Gasteiger partial charge in [-0.1, -0.05) is 60.5 Å². The average molecular weight is 1060 g/mol. The molecule has 3 unspecified atom stereocenters. The Bertz CT molecular complexity index is 2350. The van der Waals surface area contributed by atoms with Crippen molar-refractivity contribution in [2.24, 2.45) is 23.5 Å². The molecular formula is C51H80N10O12S. The Morgan fingerprint density at radius 1 is 0.892 bits per heavy atom.